The van der Waals surface area contributed by atoms with Gasteiger partial charge >= 0.3 is 0 Å². The molecule has 3 atom stereocenters. The van der Waals surface area contributed by atoms with Gasteiger partial charge in [0, 0.05) is 21.6 Å². The van der Waals surface area contributed by atoms with E-state index in [1.54, 1.807) is 0 Å². The molecule has 4 nitrogen and oxygen atoms in total. The fraction of sp³-hybridized carbons (Fsp3) is 0.591. The topological polar surface area (TPSA) is 46.6 Å². The molecular weight excluding hydrogens is 358 g/mol. The monoisotopic (exact) mass is 385 g/mol. The standard InChI is InChI=1S/C22H27NO3S/c1-15-8-10-16(11-9-15)27(25)20-17-6-5-7-18(17)21(24)23-19(20)14-26-22(23)12-3-2-4-13-22/h8-11,17-18H,2-7,12-14H2,1H3/t17-,18+,27?/m1/s1. The molecule has 0 radical (unpaired) electrons. The SMILES string of the molecule is Cc1ccc(S(=O)C2=C3COC4(CCCCC4)N3C(=O)[C@H]3CCC[C@@H]23)cc1. The lowest BCUT2D eigenvalue weighted by molar-refractivity contribution is -0.159. The molecule has 0 aromatic heterocycles. The van der Waals surface area contributed by atoms with E-state index < -0.39 is 16.5 Å². The van der Waals surface area contributed by atoms with Crippen LogP contribution in [0.2, 0.25) is 0 Å². The van der Waals surface area contributed by atoms with Gasteiger partial charge in [-0.3, -0.25) is 9.69 Å². The Bertz CT molecular complexity index is 822. The number of hydrogen-bond donors (Lipinski definition) is 0. The van der Waals surface area contributed by atoms with Crippen molar-refractivity contribution in [2.24, 2.45) is 11.8 Å². The summed E-state index contributed by atoms with van der Waals surface area (Å²) in [7, 11) is -1.23. The smallest absolute Gasteiger partial charge is 0.232 e. The van der Waals surface area contributed by atoms with Gasteiger partial charge in [-0.2, -0.15) is 0 Å². The number of nitrogens with zero attached hydrogens (tertiary/aromatic N) is 1. The van der Waals surface area contributed by atoms with Crippen LogP contribution in [-0.4, -0.2) is 27.3 Å². The number of amides is 1. The average Bonchev–Trinajstić information content (AvgIpc) is 3.30. The van der Waals surface area contributed by atoms with Crippen molar-refractivity contribution in [3.63, 3.8) is 0 Å². The second-order valence-electron chi connectivity index (χ2n) is 8.51. The molecule has 1 unspecified atom stereocenters. The molecule has 1 aromatic carbocycles. The van der Waals surface area contributed by atoms with Crippen LogP contribution in [0.1, 0.15) is 56.9 Å². The zero-order valence-electron chi connectivity index (χ0n) is 15.9. The first-order valence-corrected chi connectivity index (χ1v) is 11.5. The van der Waals surface area contributed by atoms with E-state index in [0.29, 0.717) is 6.61 Å². The number of carbonyl (C=O) groups is 1. The molecule has 0 N–H and O–H groups in total. The predicted molar refractivity (Wildman–Crippen MR) is 104 cm³/mol. The van der Waals surface area contributed by atoms with Gasteiger partial charge in [0.05, 0.1) is 23.1 Å². The van der Waals surface area contributed by atoms with Crippen LogP contribution in [-0.2, 0) is 20.3 Å². The molecule has 4 aliphatic rings. The molecule has 2 saturated carbocycles. The number of ether oxygens (including phenoxy) is 1. The third-order valence-corrected chi connectivity index (χ3v) is 8.54. The summed E-state index contributed by atoms with van der Waals surface area (Å²) < 4.78 is 19.9. The van der Waals surface area contributed by atoms with Gasteiger partial charge in [0.1, 0.15) is 5.72 Å². The zero-order chi connectivity index (χ0) is 18.6. The molecule has 2 aliphatic heterocycles. The van der Waals surface area contributed by atoms with Crippen molar-refractivity contribution in [2.45, 2.75) is 68.9 Å². The van der Waals surface area contributed by atoms with Gasteiger partial charge in [0.2, 0.25) is 5.91 Å². The lowest BCUT2D eigenvalue weighted by Crippen LogP contribution is -2.53. The van der Waals surface area contributed by atoms with E-state index in [9.17, 15) is 9.00 Å². The molecule has 2 aliphatic carbocycles. The van der Waals surface area contributed by atoms with Crippen molar-refractivity contribution >= 4 is 16.7 Å². The fourth-order valence-corrected chi connectivity index (χ4v) is 7.11. The van der Waals surface area contributed by atoms with Gasteiger partial charge in [0.15, 0.2) is 0 Å². The van der Waals surface area contributed by atoms with Gasteiger partial charge in [-0.25, -0.2) is 4.21 Å². The summed E-state index contributed by atoms with van der Waals surface area (Å²) in [6.45, 7) is 2.47. The van der Waals surface area contributed by atoms with E-state index in [-0.39, 0.29) is 17.7 Å². The van der Waals surface area contributed by atoms with Crippen LogP contribution in [0, 0.1) is 18.8 Å². The number of rotatable bonds is 2. The van der Waals surface area contributed by atoms with Crippen LogP contribution >= 0.6 is 0 Å². The van der Waals surface area contributed by atoms with E-state index in [1.165, 1.54) is 6.42 Å². The Morgan fingerprint density at radius 1 is 1.04 bits per heavy atom. The normalized spacial score (nSPS) is 30.6. The van der Waals surface area contributed by atoms with E-state index in [2.05, 4.69) is 0 Å². The first-order valence-electron chi connectivity index (χ1n) is 10.3. The highest BCUT2D eigenvalue weighted by molar-refractivity contribution is 7.89. The van der Waals surface area contributed by atoms with Gasteiger partial charge in [-0.1, -0.05) is 30.5 Å². The highest BCUT2D eigenvalue weighted by Crippen LogP contribution is 2.52. The first kappa shape index (κ1) is 17.6. The van der Waals surface area contributed by atoms with Gasteiger partial charge in [0.25, 0.3) is 0 Å². The molecule has 2 heterocycles. The van der Waals surface area contributed by atoms with Gasteiger partial charge in [-0.15, -0.1) is 0 Å². The maximum atomic E-state index is 13.6. The Hall–Kier alpha value is -1.46. The quantitative estimate of drug-likeness (QED) is 0.764. The van der Waals surface area contributed by atoms with Crippen molar-refractivity contribution in [1.82, 2.24) is 4.90 Å². The third kappa shape index (κ3) is 2.65. The summed E-state index contributed by atoms with van der Waals surface area (Å²) in [6.07, 6.45) is 8.15. The molecule has 1 spiro atoms. The number of hydrogen-bond acceptors (Lipinski definition) is 3. The Morgan fingerprint density at radius 2 is 1.74 bits per heavy atom. The minimum absolute atomic E-state index is 0.0151. The minimum atomic E-state index is -1.23. The molecule has 1 aromatic rings. The highest BCUT2D eigenvalue weighted by atomic mass is 32.2. The average molecular weight is 386 g/mol. The number of carbonyl (C=O) groups excluding carboxylic acids is 1. The highest BCUT2D eigenvalue weighted by Gasteiger charge is 2.56. The van der Waals surface area contributed by atoms with Crippen molar-refractivity contribution in [3.05, 3.63) is 40.4 Å². The van der Waals surface area contributed by atoms with E-state index >= 15 is 0 Å². The Morgan fingerprint density at radius 3 is 2.48 bits per heavy atom. The van der Waals surface area contributed by atoms with Crippen molar-refractivity contribution in [3.8, 4) is 0 Å². The van der Waals surface area contributed by atoms with Crippen LogP contribution in [0.5, 0.6) is 0 Å². The fourth-order valence-electron chi connectivity index (χ4n) is 5.55. The van der Waals surface area contributed by atoms with E-state index in [1.807, 2.05) is 36.1 Å². The van der Waals surface area contributed by atoms with Gasteiger partial charge < -0.3 is 4.74 Å². The Balaban J connectivity index is 1.62. The van der Waals surface area contributed by atoms with E-state index in [4.69, 9.17) is 4.74 Å². The largest absolute Gasteiger partial charge is 0.349 e. The van der Waals surface area contributed by atoms with Crippen molar-refractivity contribution < 1.29 is 13.7 Å². The molecule has 5 heteroatoms. The molecular formula is C22H27NO3S. The van der Waals surface area contributed by atoms with Crippen LogP contribution in [0.4, 0.5) is 0 Å². The summed E-state index contributed by atoms with van der Waals surface area (Å²) in [5, 5.41) is 0. The maximum absolute atomic E-state index is 13.6. The van der Waals surface area contributed by atoms with Crippen LogP contribution < -0.4 is 0 Å². The number of benzene rings is 1. The second kappa shape index (κ2) is 6.56. The summed E-state index contributed by atoms with van der Waals surface area (Å²) >= 11 is 0. The summed E-state index contributed by atoms with van der Waals surface area (Å²) in [4.78, 5) is 17.2. The van der Waals surface area contributed by atoms with Gasteiger partial charge in [-0.05, 0) is 57.6 Å². The lowest BCUT2D eigenvalue weighted by atomic mass is 9.85. The molecule has 1 saturated heterocycles. The van der Waals surface area contributed by atoms with Crippen molar-refractivity contribution in [1.29, 1.82) is 0 Å². The molecule has 27 heavy (non-hydrogen) atoms. The van der Waals surface area contributed by atoms with Crippen LogP contribution in [0.25, 0.3) is 0 Å². The number of allylic oxidation sites excluding steroid dienone is 1. The van der Waals surface area contributed by atoms with Crippen LogP contribution in [0.3, 0.4) is 0 Å². The minimum Gasteiger partial charge on any atom is -0.349 e. The summed E-state index contributed by atoms with van der Waals surface area (Å²) in [5.41, 5.74) is 1.61. The third-order valence-electron chi connectivity index (χ3n) is 6.90. The number of aryl methyl sites for hydroxylation is 1. The lowest BCUT2D eigenvalue weighted by Gasteiger charge is -2.44. The molecule has 0 bridgehead atoms. The second-order valence-corrected chi connectivity index (χ2v) is 9.95. The molecule has 5 rings (SSSR count). The maximum Gasteiger partial charge on any atom is 0.232 e. The van der Waals surface area contributed by atoms with E-state index in [0.717, 1.165) is 66.0 Å². The molecule has 1 amide bonds. The summed E-state index contributed by atoms with van der Waals surface area (Å²) in [6, 6.07) is 7.97. The zero-order valence-corrected chi connectivity index (χ0v) is 16.7. The summed E-state index contributed by atoms with van der Waals surface area (Å²) in [5.74, 6) is 0.337. The number of fused-ring (bicyclic) bond motifs is 3. The molecule has 144 valence electrons. The van der Waals surface area contributed by atoms with Crippen LogP contribution in [0.15, 0.2) is 39.8 Å². The Labute approximate surface area is 163 Å². The Kier molecular flexibility index (Phi) is 4.28. The molecule has 3 fully saturated rings. The van der Waals surface area contributed by atoms with Crippen molar-refractivity contribution in [2.75, 3.05) is 6.61 Å². The first-order chi connectivity index (χ1) is 13.1. The predicted octanol–water partition coefficient (Wildman–Crippen LogP) is 4.26.